The zero-order chi connectivity index (χ0) is 20.4. The first-order valence-electron chi connectivity index (χ1n) is 7.22. The van der Waals surface area contributed by atoms with E-state index in [2.05, 4.69) is 10.6 Å². The average molecular weight is 404 g/mol. The Bertz CT molecular complexity index is 986. The van der Waals surface area contributed by atoms with E-state index in [0.29, 0.717) is 12.1 Å². The van der Waals surface area contributed by atoms with E-state index in [1.165, 1.54) is 13.0 Å². The van der Waals surface area contributed by atoms with Crippen molar-refractivity contribution in [1.82, 2.24) is 0 Å². The number of rotatable bonds is 4. The molecule has 0 radical (unpaired) electrons. The maximum absolute atomic E-state index is 13.6. The minimum atomic E-state index is -5.51. The summed E-state index contributed by atoms with van der Waals surface area (Å²) in [5, 5.41) is 4.59. The third kappa shape index (κ3) is 4.61. The summed E-state index contributed by atoms with van der Waals surface area (Å²) in [6.07, 6.45) is 0. The van der Waals surface area contributed by atoms with Gasteiger partial charge in [0, 0.05) is 18.2 Å². The molecule has 0 saturated heterocycles. The summed E-state index contributed by atoms with van der Waals surface area (Å²) in [7, 11) is -5.51. The van der Waals surface area contributed by atoms with Crippen LogP contribution in [0, 0.1) is 5.82 Å². The molecule has 2 aromatic rings. The van der Waals surface area contributed by atoms with E-state index in [0.717, 1.165) is 24.3 Å². The van der Waals surface area contributed by atoms with Gasteiger partial charge in [0.25, 0.3) is 15.7 Å². The van der Waals surface area contributed by atoms with Gasteiger partial charge in [0.1, 0.15) is 5.82 Å². The standard InChI is InChI=1S/C16H12F4N2O4S/c1-9(23)21-14-8-11(4-7-13(14)17)22-15(24)10-2-5-12(6-3-10)27(25,26)16(18,19)20/h2-8H,1H3,(H,21,23)(H,22,24). The predicted octanol–water partition coefficient (Wildman–Crippen LogP) is 3.33. The Labute approximate surface area is 151 Å². The van der Waals surface area contributed by atoms with Crippen LogP contribution in [0.1, 0.15) is 17.3 Å². The minimum Gasteiger partial charge on any atom is -0.324 e. The van der Waals surface area contributed by atoms with Crippen LogP contribution in [-0.4, -0.2) is 25.7 Å². The van der Waals surface area contributed by atoms with Crippen molar-refractivity contribution in [2.45, 2.75) is 17.3 Å². The lowest BCUT2D eigenvalue weighted by molar-refractivity contribution is -0.114. The lowest BCUT2D eigenvalue weighted by Crippen LogP contribution is -2.23. The summed E-state index contributed by atoms with van der Waals surface area (Å²) >= 11 is 0. The molecule has 2 rings (SSSR count). The van der Waals surface area contributed by atoms with E-state index < -0.39 is 37.9 Å². The molecular formula is C16H12F4N2O4S. The van der Waals surface area contributed by atoms with Crippen molar-refractivity contribution in [2.24, 2.45) is 0 Å². The predicted molar refractivity (Wildman–Crippen MR) is 88.3 cm³/mol. The van der Waals surface area contributed by atoms with Crippen LogP contribution in [0.15, 0.2) is 47.4 Å². The average Bonchev–Trinajstić information content (AvgIpc) is 2.56. The normalized spacial score (nSPS) is 11.7. The molecule has 0 unspecified atom stereocenters. The highest BCUT2D eigenvalue weighted by molar-refractivity contribution is 7.92. The molecule has 2 amide bonds. The Morgan fingerprint density at radius 2 is 1.56 bits per heavy atom. The van der Waals surface area contributed by atoms with Gasteiger partial charge in [-0.05, 0) is 42.5 Å². The number of sulfone groups is 1. The van der Waals surface area contributed by atoms with Crippen molar-refractivity contribution in [3.05, 3.63) is 53.8 Å². The van der Waals surface area contributed by atoms with Crippen LogP contribution < -0.4 is 10.6 Å². The quantitative estimate of drug-likeness (QED) is 0.765. The fourth-order valence-electron chi connectivity index (χ4n) is 2.01. The number of nitrogens with one attached hydrogen (secondary N) is 2. The lowest BCUT2D eigenvalue weighted by Gasteiger charge is -2.10. The van der Waals surface area contributed by atoms with Crippen molar-refractivity contribution in [1.29, 1.82) is 0 Å². The molecule has 0 bridgehead atoms. The van der Waals surface area contributed by atoms with Gasteiger partial charge in [-0.2, -0.15) is 13.2 Å². The summed E-state index contributed by atoms with van der Waals surface area (Å²) in [5.74, 6) is -2.03. The van der Waals surface area contributed by atoms with E-state index in [-0.39, 0.29) is 16.9 Å². The first-order chi connectivity index (χ1) is 12.4. The van der Waals surface area contributed by atoms with Gasteiger partial charge in [-0.15, -0.1) is 0 Å². The number of hydrogen-bond acceptors (Lipinski definition) is 4. The van der Waals surface area contributed by atoms with Crippen molar-refractivity contribution in [3.8, 4) is 0 Å². The third-order valence-electron chi connectivity index (χ3n) is 3.27. The minimum absolute atomic E-state index is 0.108. The highest BCUT2D eigenvalue weighted by Gasteiger charge is 2.46. The van der Waals surface area contributed by atoms with Crippen LogP contribution in [0.3, 0.4) is 0 Å². The van der Waals surface area contributed by atoms with E-state index in [1.54, 1.807) is 0 Å². The van der Waals surface area contributed by atoms with Crippen molar-refractivity contribution < 1.29 is 35.6 Å². The van der Waals surface area contributed by atoms with E-state index in [9.17, 15) is 35.6 Å². The topological polar surface area (TPSA) is 92.3 Å². The molecule has 6 nitrogen and oxygen atoms in total. The summed E-state index contributed by atoms with van der Waals surface area (Å²) in [4.78, 5) is 22.1. The van der Waals surface area contributed by atoms with E-state index in [1.807, 2.05) is 0 Å². The Balaban J connectivity index is 2.21. The number of benzene rings is 2. The fourth-order valence-corrected chi connectivity index (χ4v) is 2.77. The first kappa shape index (κ1) is 20.4. The molecule has 0 saturated carbocycles. The molecule has 0 aliphatic rings. The van der Waals surface area contributed by atoms with Crippen LogP contribution in [0.4, 0.5) is 28.9 Å². The van der Waals surface area contributed by atoms with Crippen LogP contribution in [0.25, 0.3) is 0 Å². The smallest absolute Gasteiger partial charge is 0.324 e. The summed E-state index contributed by atoms with van der Waals surface area (Å²) < 4.78 is 73.6. The zero-order valence-corrected chi connectivity index (χ0v) is 14.4. The second-order valence-corrected chi connectivity index (χ2v) is 7.24. The van der Waals surface area contributed by atoms with Crippen LogP contribution in [0.5, 0.6) is 0 Å². The van der Waals surface area contributed by atoms with Crippen LogP contribution in [0.2, 0.25) is 0 Å². The summed E-state index contributed by atoms with van der Waals surface area (Å²) in [6, 6.07) is 6.49. The molecular weight excluding hydrogens is 392 g/mol. The molecule has 2 aromatic carbocycles. The van der Waals surface area contributed by atoms with Gasteiger partial charge in [0.05, 0.1) is 10.6 Å². The van der Waals surface area contributed by atoms with Gasteiger partial charge < -0.3 is 10.6 Å². The molecule has 0 aliphatic carbocycles. The molecule has 0 aliphatic heterocycles. The number of alkyl halides is 3. The second-order valence-electron chi connectivity index (χ2n) is 5.30. The Hall–Kier alpha value is -2.95. The van der Waals surface area contributed by atoms with E-state index >= 15 is 0 Å². The van der Waals surface area contributed by atoms with Crippen LogP contribution in [-0.2, 0) is 14.6 Å². The Kier molecular flexibility index (Phi) is 5.54. The van der Waals surface area contributed by atoms with Crippen molar-refractivity contribution >= 4 is 33.0 Å². The second kappa shape index (κ2) is 7.35. The molecule has 0 aromatic heterocycles. The Morgan fingerprint density at radius 1 is 0.963 bits per heavy atom. The van der Waals surface area contributed by atoms with Crippen molar-refractivity contribution in [2.75, 3.05) is 10.6 Å². The van der Waals surface area contributed by atoms with E-state index in [4.69, 9.17) is 0 Å². The van der Waals surface area contributed by atoms with Crippen LogP contribution >= 0.6 is 0 Å². The molecule has 0 atom stereocenters. The van der Waals surface area contributed by atoms with Gasteiger partial charge in [-0.25, -0.2) is 12.8 Å². The van der Waals surface area contributed by atoms with Gasteiger partial charge >= 0.3 is 5.51 Å². The van der Waals surface area contributed by atoms with Gasteiger partial charge in [-0.3, -0.25) is 9.59 Å². The number of hydrogen-bond donors (Lipinski definition) is 2. The SMILES string of the molecule is CC(=O)Nc1cc(NC(=O)c2ccc(S(=O)(=O)C(F)(F)F)cc2)ccc1F. The number of carbonyl (C=O) groups excluding carboxylic acids is 2. The van der Waals surface area contributed by atoms with Gasteiger partial charge in [-0.1, -0.05) is 0 Å². The molecule has 0 heterocycles. The number of anilines is 2. The number of carbonyl (C=O) groups is 2. The van der Waals surface area contributed by atoms with Gasteiger partial charge in [0.2, 0.25) is 5.91 Å². The molecule has 144 valence electrons. The Morgan fingerprint density at radius 3 is 2.07 bits per heavy atom. The first-order valence-corrected chi connectivity index (χ1v) is 8.70. The maximum Gasteiger partial charge on any atom is 0.501 e. The molecule has 0 spiro atoms. The molecule has 0 fully saturated rings. The number of amides is 2. The van der Waals surface area contributed by atoms with Crippen molar-refractivity contribution in [3.63, 3.8) is 0 Å². The highest BCUT2D eigenvalue weighted by atomic mass is 32.2. The zero-order valence-electron chi connectivity index (χ0n) is 13.6. The fraction of sp³-hybridized carbons (Fsp3) is 0.125. The highest BCUT2D eigenvalue weighted by Crippen LogP contribution is 2.30. The molecule has 27 heavy (non-hydrogen) atoms. The summed E-state index contributed by atoms with van der Waals surface area (Å²) in [5.41, 5.74) is -5.64. The summed E-state index contributed by atoms with van der Waals surface area (Å²) in [6.45, 7) is 1.17. The van der Waals surface area contributed by atoms with Gasteiger partial charge in [0.15, 0.2) is 0 Å². The molecule has 11 heteroatoms. The lowest BCUT2D eigenvalue weighted by atomic mass is 10.2. The monoisotopic (exact) mass is 404 g/mol. The maximum atomic E-state index is 13.6. The third-order valence-corrected chi connectivity index (χ3v) is 4.77. The largest absolute Gasteiger partial charge is 0.501 e. The molecule has 2 N–H and O–H groups in total. The number of halogens is 4.